The molecule has 1 aliphatic heterocycles. The van der Waals surface area contributed by atoms with Crippen molar-refractivity contribution in [3.05, 3.63) is 0 Å². The summed E-state index contributed by atoms with van der Waals surface area (Å²) in [5, 5.41) is 11.8. The molecule has 0 bridgehead atoms. The van der Waals surface area contributed by atoms with Gasteiger partial charge in [-0.05, 0) is 34.6 Å². The molecular weight excluding hydrogens is 322 g/mol. The molecule has 0 radical (unpaired) electrons. The Hall–Kier alpha value is -1.87. The smallest absolute Gasteiger partial charge is 0.408 e. The molecule has 2 N–H and O–H groups in total. The highest BCUT2D eigenvalue weighted by molar-refractivity contribution is 5.79. The van der Waals surface area contributed by atoms with Crippen LogP contribution in [0.2, 0.25) is 0 Å². The first-order chi connectivity index (χ1) is 11.0. The van der Waals surface area contributed by atoms with Crippen LogP contribution in [0.25, 0.3) is 0 Å². The summed E-state index contributed by atoms with van der Waals surface area (Å²) in [6, 6.07) is -0.873. The quantitative estimate of drug-likeness (QED) is 0.518. The molecule has 0 saturated carbocycles. The fourth-order valence-corrected chi connectivity index (χ4v) is 2.20. The maximum atomic E-state index is 11.9. The van der Waals surface area contributed by atoms with E-state index >= 15 is 0 Å². The lowest BCUT2D eigenvalue weighted by Crippen LogP contribution is -2.51. The Morgan fingerprint density at radius 3 is 2.54 bits per heavy atom. The van der Waals surface area contributed by atoms with Gasteiger partial charge >= 0.3 is 18.0 Å². The third kappa shape index (κ3) is 6.32. The highest BCUT2D eigenvalue weighted by Gasteiger charge is 2.46. The zero-order valence-corrected chi connectivity index (χ0v) is 14.5. The van der Waals surface area contributed by atoms with Gasteiger partial charge in [0, 0.05) is 6.61 Å². The van der Waals surface area contributed by atoms with Crippen molar-refractivity contribution in [2.24, 2.45) is 0 Å². The number of carboxylic acids is 1. The summed E-state index contributed by atoms with van der Waals surface area (Å²) in [4.78, 5) is 34.9. The number of cyclic esters (lactones) is 1. The van der Waals surface area contributed by atoms with Crippen LogP contribution < -0.4 is 5.32 Å². The zero-order chi connectivity index (χ0) is 18.5. The van der Waals surface area contributed by atoms with E-state index in [1.165, 1.54) is 6.92 Å². The summed E-state index contributed by atoms with van der Waals surface area (Å²) < 4.78 is 20.6. The Morgan fingerprint density at radius 1 is 1.42 bits per heavy atom. The second-order valence-corrected chi connectivity index (χ2v) is 6.33. The first-order valence-corrected chi connectivity index (χ1v) is 7.72. The largest absolute Gasteiger partial charge is 0.479 e. The van der Waals surface area contributed by atoms with Gasteiger partial charge in [-0.25, -0.2) is 9.59 Å². The highest BCUT2D eigenvalue weighted by Crippen LogP contribution is 2.22. The second kappa shape index (κ2) is 8.29. The second-order valence-electron chi connectivity index (χ2n) is 6.33. The molecule has 0 spiro atoms. The van der Waals surface area contributed by atoms with Gasteiger partial charge in [0.05, 0.1) is 12.5 Å². The Labute approximate surface area is 140 Å². The van der Waals surface area contributed by atoms with Crippen molar-refractivity contribution in [3.8, 4) is 0 Å². The summed E-state index contributed by atoms with van der Waals surface area (Å²) in [5.74, 6) is -1.95. The normalized spacial score (nSPS) is 23.3. The van der Waals surface area contributed by atoms with Crippen LogP contribution in [-0.2, 0) is 28.5 Å². The van der Waals surface area contributed by atoms with Gasteiger partial charge in [-0.1, -0.05) is 0 Å². The Balaban J connectivity index is 2.81. The van der Waals surface area contributed by atoms with Crippen molar-refractivity contribution in [2.75, 3.05) is 6.61 Å². The molecule has 9 heteroatoms. The summed E-state index contributed by atoms with van der Waals surface area (Å²) in [5.41, 5.74) is -0.727. The molecule has 0 aromatic rings. The minimum Gasteiger partial charge on any atom is -0.479 e. The van der Waals surface area contributed by atoms with Crippen molar-refractivity contribution < 1.29 is 38.4 Å². The molecular formula is C15H25NO8. The minimum absolute atomic E-state index is 0.167. The van der Waals surface area contributed by atoms with Gasteiger partial charge in [0.25, 0.3) is 0 Å². The third-order valence-corrected chi connectivity index (χ3v) is 3.03. The average Bonchev–Trinajstić information content (AvgIpc) is 2.74. The molecule has 1 rings (SSSR count). The van der Waals surface area contributed by atoms with E-state index in [2.05, 4.69) is 5.32 Å². The van der Waals surface area contributed by atoms with Crippen molar-refractivity contribution >= 4 is 18.0 Å². The van der Waals surface area contributed by atoms with E-state index in [1.54, 1.807) is 27.7 Å². The number of carbonyl (C=O) groups excluding carboxylic acids is 2. The SMILES string of the molecule is CCOC(C)O[C@H](C(=O)O)[C@H]1OC(=O)C[C@@H]1NC(=O)OC(C)(C)C. The molecule has 1 saturated heterocycles. The molecule has 0 aromatic heterocycles. The van der Waals surface area contributed by atoms with E-state index in [9.17, 15) is 19.5 Å². The van der Waals surface area contributed by atoms with E-state index in [1.807, 2.05) is 0 Å². The fourth-order valence-electron chi connectivity index (χ4n) is 2.20. The van der Waals surface area contributed by atoms with Gasteiger partial charge in [0.2, 0.25) is 0 Å². The van der Waals surface area contributed by atoms with Gasteiger partial charge in [0.15, 0.2) is 18.5 Å². The number of nitrogens with one attached hydrogen (secondary N) is 1. The number of aliphatic carboxylic acids is 1. The number of carboxylic acid groups (broad SMARTS) is 1. The van der Waals surface area contributed by atoms with Crippen molar-refractivity contribution in [2.45, 2.75) is 71.2 Å². The number of amides is 1. The lowest BCUT2D eigenvalue weighted by molar-refractivity contribution is -0.201. The van der Waals surface area contributed by atoms with Crippen LogP contribution >= 0.6 is 0 Å². The number of hydrogen-bond donors (Lipinski definition) is 2. The van der Waals surface area contributed by atoms with Gasteiger partial charge in [-0.15, -0.1) is 0 Å². The van der Waals surface area contributed by atoms with Crippen LogP contribution in [0, 0.1) is 0 Å². The highest BCUT2D eigenvalue weighted by atomic mass is 16.7. The number of carbonyl (C=O) groups is 3. The third-order valence-electron chi connectivity index (χ3n) is 3.03. The first-order valence-electron chi connectivity index (χ1n) is 7.72. The molecule has 24 heavy (non-hydrogen) atoms. The molecule has 0 aliphatic carbocycles. The molecule has 9 nitrogen and oxygen atoms in total. The van der Waals surface area contributed by atoms with Crippen molar-refractivity contribution in [1.82, 2.24) is 5.32 Å². The minimum atomic E-state index is -1.47. The molecule has 138 valence electrons. The Morgan fingerprint density at radius 2 is 2.04 bits per heavy atom. The van der Waals surface area contributed by atoms with Crippen LogP contribution in [0.1, 0.15) is 41.0 Å². The Kier molecular flexibility index (Phi) is 6.97. The summed E-state index contributed by atoms with van der Waals surface area (Å²) in [6.07, 6.45) is -4.39. The summed E-state index contributed by atoms with van der Waals surface area (Å²) in [6.45, 7) is 8.66. The van der Waals surface area contributed by atoms with E-state index < -0.39 is 48.2 Å². The molecule has 1 aliphatic rings. The van der Waals surface area contributed by atoms with Crippen LogP contribution in [0.3, 0.4) is 0 Å². The van der Waals surface area contributed by atoms with Crippen LogP contribution in [0.15, 0.2) is 0 Å². The Bertz CT molecular complexity index is 473. The van der Waals surface area contributed by atoms with Crippen LogP contribution in [0.5, 0.6) is 0 Å². The number of esters is 1. The average molecular weight is 347 g/mol. The van der Waals surface area contributed by atoms with Crippen LogP contribution in [-0.4, -0.2) is 59.9 Å². The van der Waals surface area contributed by atoms with Crippen molar-refractivity contribution in [1.29, 1.82) is 0 Å². The predicted molar refractivity (Wildman–Crippen MR) is 81.3 cm³/mol. The number of rotatable bonds is 7. The summed E-state index contributed by atoms with van der Waals surface area (Å²) in [7, 11) is 0. The van der Waals surface area contributed by atoms with Gasteiger partial charge in [-0.3, -0.25) is 4.79 Å². The molecule has 1 fully saturated rings. The van der Waals surface area contributed by atoms with Crippen LogP contribution in [0.4, 0.5) is 4.79 Å². The van der Waals surface area contributed by atoms with Crippen molar-refractivity contribution in [3.63, 3.8) is 0 Å². The number of alkyl carbamates (subject to hydrolysis) is 1. The maximum Gasteiger partial charge on any atom is 0.408 e. The number of ether oxygens (including phenoxy) is 4. The fraction of sp³-hybridized carbons (Fsp3) is 0.800. The molecule has 1 heterocycles. The van der Waals surface area contributed by atoms with Gasteiger partial charge < -0.3 is 29.4 Å². The molecule has 4 atom stereocenters. The first kappa shape index (κ1) is 20.2. The van der Waals surface area contributed by atoms with Gasteiger partial charge in [0.1, 0.15) is 5.60 Å². The van der Waals surface area contributed by atoms with E-state index in [4.69, 9.17) is 18.9 Å². The van der Waals surface area contributed by atoms with Gasteiger partial charge in [-0.2, -0.15) is 0 Å². The maximum absolute atomic E-state index is 11.9. The summed E-state index contributed by atoms with van der Waals surface area (Å²) >= 11 is 0. The standard InChI is InChI=1S/C15H25NO8/c1-6-21-8(2)22-12(13(18)19)11-9(7-10(17)23-11)16-14(20)24-15(3,4)5/h8-9,11-12H,6-7H2,1-5H3,(H,16,20)(H,18,19)/t8?,9-,11-,12-/m0/s1. The monoisotopic (exact) mass is 347 g/mol. The van der Waals surface area contributed by atoms with E-state index in [0.717, 1.165) is 0 Å². The number of hydrogen-bond acceptors (Lipinski definition) is 7. The molecule has 1 amide bonds. The predicted octanol–water partition coefficient (Wildman–Crippen LogP) is 1.05. The molecule has 1 unspecified atom stereocenters. The topological polar surface area (TPSA) is 120 Å². The zero-order valence-electron chi connectivity index (χ0n) is 14.5. The van der Waals surface area contributed by atoms with E-state index in [-0.39, 0.29) is 6.42 Å². The lowest BCUT2D eigenvalue weighted by Gasteiger charge is -2.27. The lowest BCUT2D eigenvalue weighted by atomic mass is 10.1. The molecule has 0 aromatic carbocycles. The van der Waals surface area contributed by atoms with E-state index in [0.29, 0.717) is 6.61 Å².